The number of halogens is 3. The fourth-order valence-electron chi connectivity index (χ4n) is 6.18. The second kappa shape index (κ2) is 13.7. The number of imidazole rings is 1. The van der Waals surface area contributed by atoms with E-state index in [-0.39, 0.29) is 35.5 Å². The van der Waals surface area contributed by atoms with Gasteiger partial charge in [-0.1, -0.05) is 55.1 Å². The van der Waals surface area contributed by atoms with E-state index in [2.05, 4.69) is 13.9 Å². The number of rotatable bonds is 8. The Labute approximate surface area is 284 Å². The number of H-pyrrole nitrogens is 1. The monoisotopic (exact) mass is 690 g/mol. The number of carboxylic acid groups (broad SMARTS) is 1. The number of aromatic amines is 1. The Morgan fingerprint density at radius 3 is 2.43 bits per heavy atom. The molecule has 0 spiro atoms. The molecule has 1 fully saturated rings. The summed E-state index contributed by atoms with van der Waals surface area (Å²) in [6.07, 6.45) is 5.21. The van der Waals surface area contributed by atoms with Crippen LogP contribution in [0.25, 0.3) is 44.9 Å². The third kappa shape index (κ3) is 6.67. The normalized spacial score (nSPS) is 13.4. The predicted octanol–water partition coefficient (Wildman–Crippen LogP) is 9.18. The molecular formula is C35H29Cl2FN4O4S. The highest BCUT2D eigenvalue weighted by Gasteiger charge is 2.25. The van der Waals surface area contributed by atoms with Crippen molar-refractivity contribution in [3.8, 4) is 39.7 Å². The van der Waals surface area contributed by atoms with Crippen molar-refractivity contribution < 1.29 is 19.0 Å². The zero-order chi connectivity index (χ0) is 31.8. The SMILES string of the molecule is Cl.O=C(O)c1ccc2c(c1)nc(-c1ccc(OCc3cc(-c4nsc(=O)[nH]4)ccc3-c3ccc(Cl)cc3)cc1F)n2C1CCCCC1. The van der Waals surface area contributed by atoms with Crippen LogP contribution in [0.1, 0.15) is 54.1 Å². The molecule has 2 N–H and O–H groups in total. The molecule has 8 nitrogen and oxygen atoms in total. The lowest BCUT2D eigenvalue weighted by Gasteiger charge is -2.25. The molecule has 6 aromatic rings. The van der Waals surface area contributed by atoms with Crippen LogP contribution < -0.4 is 9.61 Å². The van der Waals surface area contributed by atoms with E-state index in [1.165, 1.54) is 6.07 Å². The minimum absolute atomic E-state index is 0. The summed E-state index contributed by atoms with van der Waals surface area (Å²) in [5.41, 5.74) is 5.14. The van der Waals surface area contributed by atoms with Crippen molar-refractivity contribution in [2.45, 2.75) is 44.8 Å². The van der Waals surface area contributed by atoms with Crippen LogP contribution in [0.15, 0.2) is 83.7 Å². The number of aromatic nitrogens is 4. The molecule has 7 rings (SSSR count). The number of fused-ring (bicyclic) bond motifs is 1. The Morgan fingerprint density at radius 1 is 0.979 bits per heavy atom. The number of hydrogen-bond donors (Lipinski definition) is 2. The molecule has 2 heterocycles. The summed E-state index contributed by atoms with van der Waals surface area (Å²) in [6.45, 7) is 0.123. The van der Waals surface area contributed by atoms with Crippen molar-refractivity contribution in [3.05, 3.63) is 110 Å². The van der Waals surface area contributed by atoms with Gasteiger partial charge >= 0.3 is 10.8 Å². The summed E-state index contributed by atoms with van der Waals surface area (Å²) >= 11 is 6.98. The minimum atomic E-state index is -1.03. The Hall–Kier alpha value is -4.51. The zero-order valence-corrected chi connectivity index (χ0v) is 27.3. The molecule has 0 saturated heterocycles. The first kappa shape index (κ1) is 32.4. The second-order valence-corrected chi connectivity index (χ2v) is 12.5. The molecule has 0 radical (unpaired) electrons. The van der Waals surface area contributed by atoms with E-state index in [4.69, 9.17) is 21.3 Å². The van der Waals surface area contributed by atoms with Crippen LogP contribution in [0, 0.1) is 5.82 Å². The van der Waals surface area contributed by atoms with Crippen LogP contribution in [0.2, 0.25) is 5.02 Å². The average molecular weight is 692 g/mol. The standard InChI is InChI=1S/C35H28ClFN4O4S.ClH/c36-24-10-6-20(7-11-24)27-13-8-21(32-39-35(44)46-40-32)16-23(27)19-45-26-12-14-28(29(37)18-26)33-38-30-17-22(34(42)43)9-15-31(30)41(33)25-4-2-1-3-5-25;/h6-18,25H,1-5,19H2,(H,42,43)(H,39,40,44);1H. The van der Waals surface area contributed by atoms with Gasteiger partial charge in [-0.2, -0.15) is 4.37 Å². The van der Waals surface area contributed by atoms with Gasteiger partial charge < -0.3 is 14.4 Å². The van der Waals surface area contributed by atoms with E-state index >= 15 is 4.39 Å². The third-order valence-electron chi connectivity index (χ3n) is 8.43. The predicted molar refractivity (Wildman–Crippen MR) is 184 cm³/mol. The van der Waals surface area contributed by atoms with Gasteiger partial charge in [-0.05, 0) is 78.1 Å². The number of carboxylic acids is 1. The van der Waals surface area contributed by atoms with Crippen molar-refractivity contribution in [2.24, 2.45) is 0 Å². The van der Waals surface area contributed by atoms with Gasteiger partial charge in [0, 0.05) is 34.2 Å². The van der Waals surface area contributed by atoms with Gasteiger partial charge in [-0.15, -0.1) is 12.4 Å². The largest absolute Gasteiger partial charge is 0.489 e. The van der Waals surface area contributed by atoms with Crippen molar-refractivity contribution in [2.75, 3.05) is 0 Å². The van der Waals surface area contributed by atoms with E-state index in [0.717, 1.165) is 71.4 Å². The number of aromatic carboxylic acids is 1. The van der Waals surface area contributed by atoms with E-state index in [0.29, 0.717) is 33.5 Å². The molecule has 12 heteroatoms. The molecule has 1 saturated carbocycles. The van der Waals surface area contributed by atoms with Gasteiger partial charge in [0.15, 0.2) is 5.82 Å². The highest BCUT2D eigenvalue weighted by molar-refractivity contribution is 7.03. The molecule has 1 aliphatic rings. The smallest absolute Gasteiger partial charge is 0.335 e. The van der Waals surface area contributed by atoms with E-state index in [1.54, 1.807) is 30.3 Å². The fraction of sp³-hybridized carbons (Fsp3) is 0.200. The number of hydrogen-bond acceptors (Lipinski definition) is 6. The minimum Gasteiger partial charge on any atom is -0.489 e. The van der Waals surface area contributed by atoms with Crippen LogP contribution in [0.4, 0.5) is 4.39 Å². The van der Waals surface area contributed by atoms with E-state index in [9.17, 15) is 14.7 Å². The number of nitrogens with zero attached hydrogens (tertiary/aromatic N) is 3. The zero-order valence-electron chi connectivity index (χ0n) is 24.9. The first-order chi connectivity index (χ1) is 22.3. The topological polar surface area (TPSA) is 110 Å². The summed E-state index contributed by atoms with van der Waals surface area (Å²) in [4.78, 5) is 30.6. The Morgan fingerprint density at radius 2 is 1.72 bits per heavy atom. The fourth-order valence-corrected chi connectivity index (χ4v) is 6.78. The summed E-state index contributed by atoms with van der Waals surface area (Å²) in [7, 11) is 0. The maximum Gasteiger partial charge on any atom is 0.335 e. The van der Waals surface area contributed by atoms with Crippen LogP contribution in [-0.4, -0.2) is 30.0 Å². The van der Waals surface area contributed by atoms with Crippen LogP contribution in [-0.2, 0) is 6.61 Å². The molecule has 2 aromatic heterocycles. The molecule has 0 amide bonds. The lowest BCUT2D eigenvalue weighted by atomic mass is 9.94. The van der Waals surface area contributed by atoms with E-state index in [1.807, 2.05) is 42.5 Å². The second-order valence-electron chi connectivity index (χ2n) is 11.4. The van der Waals surface area contributed by atoms with Gasteiger partial charge in [0.2, 0.25) is 0 Å². The number of nitrogens with one attached hydrogen (secondary N) is 1. The number of benzene rings is 4. The number of carbonyl (C=O) groups is 1. The third-order valence-corrected chi connectivity index (χ3v) is 9.22. The van der Waals surface area contributed by atoms with Gasteiger partial charge in [-0.25, -0.2) is 14.2 Å². The molecule has 47 heavy (non-hydrogen) atoms. The first-order valence-corrected chi connectivity index (χ1v) is 16.1. The Balaban J connectivity index is 0.00000386. The summed E-state index contributed by atoms with van der Waals surface area (Å²) < 4.78 is 28.4. The van der Waals surface area contributed by atoms with Gasteiger partial charge in [0.05, 0.1) is 22.2 Å². The molecule has 0 atom stereocenters. The lowest BCUT2D eigenvalue weighted by molar-refractivity contribution is 0.0697. The quantitative estimate of drug-likeness (QED) is 0.165. The molecule has 240 valence electrons. The summed E-state index contributed by atoms with van der Waals surface area (Å²) in [5.74, 6) is -0.249. The Kier molecular flexibility index (Phi) is 9.45. The van der Waals surface area contributed by atoms with Gasteiger partial charge in [-0.3, -0.25) is 9.78 Å². The number of ether oxygens (including phenoxy) is 1. The molecular weight excluding hydrogens is 662 g/mol. The lowest BCUT2D eigenvalue weighted by Crippen LogP contribution is -2.14. The molecule has 0 aliphatic heterocycles. The maximum atomic E-state index is 15.9. The van der Waals surface area contributed by atoms with Crippen molar-refractivity contribution in [1.82, 2.24) is 18.9 Å². The van der Waals surface area contributed by atoms with Crippen molar-refractivity contribution in [3.63, 3.8) is 0 Å². The highest BCUT2D eigenvalue weighted by Crippen LogP contribution is 2.38. The summed E-state index contributed by atoms with van der Waals surface area (Å²) in [5, 5.41) is 10.1. The maximum absolute atomic E-state index is 15.9. The van der Waals surface area contributed by atoms with Gasteiger partial charge in [0.1, 0.15) is 24.0 Å². The van der Waals surface area contributed by atoms with Crippen LogP contribution >= 0.6 is 35.5 Å². The van der Waals surface area contributed by atoms with Crippen molar-refractivity contribution >= 4 is 52.5 Å². The van der Waals surface area contributed by atoms with E-state index < -0.39 is 11.8 Å². The van der Waals surface area contributed by atoms with Gasteiger partial charge in [0.25, 0.3) is 0 Å². The molecule has 0 unspecified atom stereocenters. The Bertz CT molecular complexity index is 2140. The highest BCUT2D eigenvalue weighted by atomic mass is 35.5. The summed E-state index contributed by atoms with van der Waals surface area (Å²) in [6, 6.07) is 22.9. The molecule has 4 aromatic carbocycles. The average Bonchev–Trinajstić information content (AvgIpc) is 3.67. The molecule has 1 aliphatic carbocycles. The van der Waals surface area contributed by atoms with Crippen molar-refractivity contribution in [1.29, 1.82) is 0 Å². The van der Waals surface area contributed by atoms with Crippen LogP contribution in [0.5, 0.6) is 5.75 Å². The first-order valence-electron chi connectivity index (χ1n) is 15.0. The van der Waals surface area contributed by atoms with Crippen LogP contribution in [0.3, 0.4) is 0 Å². The molecule has 0 bridgehead atoms.